The lowest BCUT2D eigenvalue weighted by atomic mass is 10.3. The normalized spacial score (nSPS) is 10.4. The Balaban J connectivity index is 2.23. The minimum atomic E-state index is -0.443. The van der Waals surface area contributed by atoms with E-state index in [1.165, 1.54) is 11.8 Å². The van der Waals surface area contributed by atoms with E-state index in [2.05, 4.69) is 9.97 Å². The molecule has 0 radical (unpaired) electrons. The van der Waals surface area contributed by atoms with Crippen molar-refractivity contribution >= 4 is 17.4 Å². The highest BCUT2D eigenvalue weighted by Crippen LogP contribution is 2.29. The van der Waals surface area contributed by atoms with Gasteiger partial charge >= 0.3 is 0 Å². The fourth-order valence-electron chi connectivity index (χ4n) is 1.01. The van der Waals surface area contributed by atoms with Crippen LogP contribution in [0.3, 0.4) is 0 Å². The first-order valence-electron chi connectivity index (χ1n) is 3.98. The van der Waals surface area contributed by atoms with Crippen molar-refractivity contribution in [2.75, 3.05) is 5.73 Å². The number of nitrogens with one attached hydrogen (secondary N) is 1. The Labute approximate surface area is 84.5 Å². The van der Waals surface area contributed by atoms with Gasteiger partial charge in [0.1, 0.15) is 0 Å². The smallest absolute Gasteiger partial charge is 0.211 e. The molecule has 0 aliphatic rings. The van der Waals surface area contributed by atoms with E-state index in [9.17, 15) is 4.39 Å². The average Bonchev–Trinajstić information content (AvgIpc) is 2.56. The second-order valence-electron chi connectivity index (χ2n) is 2.68. The van der Waals surface area contributed by atoms with E-state index >= 15 is 0 Å². The average molecular weight is 209 g/mol. The summed E-state index contributed by atoms with van der Waals surface area (Å²) in [6, 6.07) is 7.38. The zero-order valence-electron chi connectivity index (χ0n) is 7.20. The lowest BCUT2D eigenvalue weighted by Gasteiger charge is -2.00. The maximum absolute atomic E-state index is 12.6. The molecule has 0 unspecified atom stereocenters. The van der Waals surface area contributed by atoms with Crippen LogP contribution in [0.4, 0.5) is 10.1 Å². The molecule has 2 rings (SSSR count). The number of hydrogen-bond acceptors (Lipinski definition) is 3. The van der Waals surface area contributed by atoms with E-state index in [4.69, 9.17) is 5.73 Å². The predicted molar refractivity (Wildman–Crippen MR) is 53.5 cm³/mol. The molecule has 1 heterocycles. The van der Waals surface area contributed by atoms with Gasteiger partial charge in [-0.2, -0.15) is 4.39 Å². The van der Waals surface area contributed by atoms with Gasteiger partial charge in [-0.05, 0) is 23.9 Å². The van der Waals surface area contributed by atoms with Crippen molar-refractivity contribution in [1.82, 2.24) is 9.97 Å². The molecule has 3 N–H and O–H groups in total. The van der Waals surface area contributed by atoms with Crippen molar-refractivity contribution in [2.24, 2.45) is 0 Å². The van der Waals surface area contributed by atoms with Crippen LogP contribution < -0.4 is 5.73 Å². The summed E-state index contributed by atoms with van der Waals surface area (Å²) in [5.74, 6) is -0.443. The summed E-state index contributed by atoms with van der Waals surface area (Å²) in [7, 11) is 0. The number of nitrogens with two attached hydrogens (primary N) is 1. The highest BCUT2D eigenvalue weighted by atomic mass is 32.2. The first kappa shape index (κ1) is 9.08. The van der Waals surface area contributed by atoms with Crippen LogP contribution in [0, 0.1) is 5.95 Å². The zero-order chi connectivity index (χ0) is 9.97. The van der Waals surface area contributed by atoms with E-state index in [0.29, 0.717) is 10.8 Å². The second-order valence-corrected chi connectivity index (χ2v) is 3.71. The molecular formula is C9H8FN3S. The monoisotopic (exact) mass is 209 g/mol. The largest absolute Gasteiger partial charge is 0.398 e. The molecule has 0 saturated carbocycles. The molecule has 1 aromatic carbocycles. The van der Waals surface area contributed by atoms with Gasteiger partial charge in [-0.3, -0.25) is 0 Å². The van der Waals surface area contributed by atoms with E-state index in [1.54, 1.807) is 6.07 Å². The van der Waals surface area contributed by atoms with Crippen LogP contribution >= 0.6 is 11.8 Å². The molecule has 0 saturated heterocycles. The van der Waals surface area contributed by atoms with Gasteiger partial charge in [0.15, 0.2) is 5.16 Å². The van der Waals surface area contributed by atoms with E-state index in [1.807, 2.05) is 18.2 Å². The fraction of sp³-hybridized carbons (Fsp3) is 0. The molecule has 14 heavy (non-hydrogen) atoms. The van der Waals surface area contributed by atoms with Gasteiger partial charge in [-0.1, -0.05) is 12.1 Å². The first-order chi connectivity index (χ1) is 6.75. The van der Waals surface area contributed by atoms with Gasteiger partial charge in [-0.15, -0.1) is 0 Å². The molecule has 1 aromatic heterocycles. The van der Waals surface area contributed by atoms with Gasteiger partial charge in [-0.25, -0.2) is 4.98 Å². The molecule has 0 aliphatic heterocycles. The molecule has 0 amide bonds. The minimum absolute atomic E-state index is 0.443. The highest BCUT2D eigenvalue weighted by Gasteiger charge is 2.04. The maximum atomic E-state index is 12.6. The highest BCUT2D eigenvalue weighted by molar-refractivity contribution is 7.99. The van der Waals surface area contributed by atoms with Crippen molar-refractivity contribution < 1.29 is 4.39 Å². The van der Waals surface area contributed by atoms with Crippen molar-refractivity contribution in [3.63, 3.8) is 0 Å². The molecule has 0 atom stereocenters. The Morgan fingerprint density at radius 1 is 1.36 bits per heavy atom. The lowest BCUT2D eigenvalue weighted by molar-refractivity contribution is 0.585. The molecule has 72 valence electrons. The molecule has 0 aliphatic carbocycles. The predicted octanol–water partition coefficient (Wildman–Crippen LogP) is 2.28. The lowest BCUT2D eigenvalue weighted by Crippen LogP contribution is -1.87. The number of para-hydroxylation sites is 1. The second kappa shape index (κ2) is 3.71. The van der Waals surface area contributed by atoms with Crippen LogP contribution in [0.25, 0.3) is 0 Å². The van der Waals surface area contributed by atoms with Crippen molar-refractivity contribution in [1.29, 1.82) is 0 Å². The van der Waals surface area contributed by atoms with Gasteiger partial charge < -0.3 is 10.7 Å². The van der Waals surface area contributed by atoms with E-state index in [-0.39, 0.29) is 0 Å². The summed E-state index contributed by atoms with van der Waals surface area (Å²) < 4.78 is 12.6. The Morgan fingerprint density at radius 2 is 2.14 bits per heavy atom. The number of rotatable bonds is 2. The van der Waals surface area contributed by atoms with E-state index < -0.39 is 5.95 Å². The first-order valence-corrected chi connectivity index (χ1v) is 4.80. The summed E-state index contributed by atoms with van der Waals surface area (Å²) in [4.78, 5) is 7.17. The number of aromatic nitrogens is 2. The third-order valence-electron chi connectivity index (χ3n) is 1.65. The minimum Gasteiger partial charge on any atom is -0.398 e. The number of nitrogens with zero attached hydrogens (tertiary/aromatic N) is 1. The number of imidazole rings is 1. The van der Waals surface area contributed by atoms with Crippen LogP contribution in [-0.2, 0) is 0 Å². The molecule has 5 heteroatoms. The summed E-state index contributed by atoms with van der Waals surface area (Å²) in [6.07, 6.45) is 1.14. The zero-order valence-corrected chi connectivity index (χ0v) is 8.01. The summed E-state index contributed by atoms with van der Waals surface area (Å²) in [5, 5.41) is 0.500. The van der Waals surface area contributed by atoms with Crippen molar-refractivity contribution in [3.8, 4) is 0 Å². The van der Waals surface area contributed by atoms with Crippen LogP contribution in [-0.4, -0.2) is 9.97 Å². The maximum Gasteiger partial charge on any atom is 0.211 e. The SMILES string of the molecule is Nc1ccccc1Sc1ncc(F)[nH]1. The van der Waals surface area contributed by atoms with Crippen molar-refractivity contribution in [2.45, 2.75) is 10.1 Å². The summed E-state index contributed by atoms with van der Waals surface area (Å²) in [5.41, 5.74) is 6.38. The third kappa shape index (κ3) is 1.88. The topological polar surface area (TPSA) is 54.7 Å². The van der Waals surface area contributed by atoms with Gasteiger partial charge in [0.05, 0.1) is 6.20 Å². The molecule has 3 nitrogen and oxygen atoms in total. The number of anilines is 1. The standard InChI is InChI=1S/C9H8FN3S/c10-8-5-12-9(13-8)14-7-4-2-1-3-6(7)11/h1-5H,11H2,(H,12,13). The number of hydrogen-bond donors (Lipinski definition) is 2. The molecule has 0 bridgehead atoms. The Kier molecular flexibility index (Phi) is 2.41. The Bertz CT molecular complexity index is 441. The van der Waals surface area contributed by atoms with E-state index in [0.717, 1.165) is 11.1 Å². The molecular weight excluding hydrogens is 201 g/mol. The van der Waals surface area contributed by atoms with Gasteiger partial charge in [0.2, 0.25) is 5.95 Å². The Hall–Kier alpha value is -1.49. The summed E-state index contributed by atoms with van der Waals surface area (Å²) >= 11 is 1.30. The molecule has 0 spiro atoms. The van der Waals surface area contributed by atoms with Gasteiger partial charge in [0, 0.05) is 10.6 Å². The number of halogens is 1. The molecule has 0 fully saturated rings. The van der Waals surface area contributed by atoms with Crippen LogP contribution in [0.1, 0.15) is 0 Å². The number of aromatic amines is 1. The Morgan fingerprint density at radius 3 is 2.79 bits per heavy atom. The van der Waals surface area contributed by atoms with Gasteiger partial charge in [0.25, 0.3) is 0 Å². The fourth-order valence-corrected chi connectivity index (χ4v) is 1.81. The van der Waals surface area contributed by atoms with Crippen LogP contribution in [0.15, 0.2) is 40.5 Å². The van der Waals surface area contributed by atoms with Crippen LogP contribution in [0.5, 0.6) is 0 Å². The quantitative estimate of drug-likeness (QED) is 0.746. The summed E-state index contributed by atoms with van der Waals surface area (Å²) in [6.45, 7) is 0. The van der Waals surface area contributed by atoms with Crippen molar-refractivity contribution in [3.05, 3.63) is 36.4 Å². The number of H-pyrrole nitrogens is 1. The number of benzene rings is 1. The van der Waals surface area contributed by atoms with Crippen LogP contribution in [0.2, 0.25) is 0 Å². The third-order valence-corrected chi connectivity index (χ3v) is 2.64. The molecule has 2 aromatic rings. The number of nitrogen functional groups attached to an aromatic ring is 1.